The zero-order chi connectivity index (χ0) is 25.4. The van der Waals surface area contributed by atoms with E-state index in [2.05, 4.69) is 26.0 Å². The highest BCUT2D eigenvalue weighted by Crippen LogP contribution is 2.37. The van der Waals surface area contributed by atoms with Gasteiger partial charge < -0.3 is 10.6 Å². The molecule has 11 heteroatoms. The van der Waals surface area contributed by atoms with Crippen LogP contribution in [0.1, 0.15) is 24.5 Å². The Labute approximate surface area is 217 Å². The van der Waals surface area contributed by atoms with Crippen molar-refractivity contribution in [3.8, 4) is 22.4 Å². The monoisotopic (exact) mass is 568 g/mol. The molecule has 1 aliphatic heterocycles. The molecule has 0 saturated carbocycles. The lowest BCUT2D eigenvalue weighted by molar-refractivity contribution is -0.129. The number of hydrogen-bond acceptors (Lipinski definition) is 7. The van der Waals surface area contributed by atoms with Crippen molar-refractivity contribution in [2.75, 3.05) is 30.8 Å². The SMILES string of the molecule is CS(=O)(=O)CC(=O)N1CCC(c2nc3c(-c4ccc(-c5ccccc5)nc4)cnn3c(N)c2Br)CC1. The smallest absolute Gasteiger partial charge is 0.237 e. The number of fused-ring (bicyclic) bond motifs is 1. The molecule has 36 heavy (non-hydrogen) atoms. The molecule has 0 aliphatic carbocycles. The highest BCUT2D eigenvalue weighted by atomic mass is 79.9. The van der Waals surface area contributed by atoms with Crippen LogP contribution in [0.5, 0.6) is 0 Å². The number of likely N-dealkylation sites (tertiary alicyclic amines) is 1. The molecule has 186 valence electrons. The van der Waals surface area contributed by atoms with Crippen LogP contribution in [0.3, 0.4) is 0 Å². The lowest BCUT2D eigenvalue weighted by Crippen LogP contribution is -2.41. The fraction of sp³-hybridized carbons (Fsp3) is 0.280. The highest BCUT2D eigenvalue weighted by molar-refractivity contribution is 9.10. The van der Waals surface area contributed by atoms with Gasteiger partial charge in [0, 0.05) is 48.2 Å². The van der Waals surface area contributed by atoms with E-state index in [1.807, 2.05) is 48.7 Å². The summed E-state index contributed by atoms with van der Waals surface area (Å²) in [5, 5.41) is 4.45. The van der Waals surface area contributed by atoms with E-state index in [-0.39, 0.29) is 11.8 Å². The number of carbonyl (C=O) groups excluding carboxylic acids is 1. The summed E-state index contributed by atoms with van der Waals surface area (Å²) in [6.07, 6.45) is 5.94. The molecule has 4 heterocycles. The molecule has 1 fully saturated rings. The Hall–Kier alpha value is -3.31. The number of amides is 1. The Morgan fingerprint density at radius 3 is 2.44 bits per heavy atom. The number of nitrogens with zero attached hydrogens (tertiary/aromatic N) is 5. The van der Waals surface area contributed by atoms with Crippen LogP contribution in [0.25, 0.3) is 28.0 Å². The van der Waals surface area contributed by atoms with Crippen LogP contribution in [0.4, 0.5) is 5.82 Å². The third kappa shape index (κ3) is 4.85. The molecule has 1 aliphatic rings. The molecule has 1 saturated heterocycles. The summed E-state index contributed by atoms with van der Waals surface area (Å²) in [5.41, 5.74) is 11.5. The number of aromatic nitrogens is 4. The van der Waals surface area contributed by atoms with Crippen molar-refractivity contribution in [1.29, 1.82) is 0 Å². The number of benzene rings is 1. The summed E-state index contributed by atoms with van der Waals surface area (Å²) in [4.78, 5) is 23.5. The molecule has 1 aromatic carbocycles. The fourth-order valence-electron chi connectivity index (χ4n) is 4.54. The number of nitrogens with two attached hydrogens (primary N) is 1. The largest absolute Gasteiger partial charge is 0.383 e. The highest BCUT2D eigenvalue weighted by Gasteiger charge is 2.29. The van der Waals surface area contributed by atoms with Gasteiger partial charge >= 0.3 is 0 Å². The number of piperidine rings is 1. The molecule has 0 bridgehead atoms. The summed E-state index contributed by atoms with van der Waals surface area (Å²) < 4.78 is 25.3. The molecule has 3 aromatic heterocycles. The topological polar surface area (TPSA) is 124 Å². The number of anilines is 1. The van der Waals surface area contributed by atoms with Crippen LogP contribution in [-0.2, 0) is 14.6 Å². The molecular weight excluding hydrogens is 544 g/mol. The lowest BCUT2D eigenvalue weighted by atomic mass is 9.93. The van der Waals surface area contributed by atoms with Crippen molar-refractivity contribution < 1.29 is 13.2 Å². The maximum atomic E-state index is 12.3. The van der Waals surface area contributed by atoms with Crippen LogP contribution in [0.2, 0.25) is 0 Å². The lowest BCUT2D eigenvalue weighted by Gasteiger charge is -2.32. The summed E-state index contributed by atoms with van der Waals surface area (Å²) in [5.74, 6) is -0.308. The zero-order valence-electron chi connectivity index (χ0n) is 19.6. The van der Waals surface area contributed by atoms with E-state index in [1.165, 1.54) is 0 Å². The molecule has 1 amide bonds. The van der Waals surface area contributed by atoms with Crippen LogP contribution in [-0.4, -0.2) is 63.9 Å². The second-order valence-electron chi connectivity index (χ2n) is 9.01. The normalized spacial score (nSPS) is 14.9. The van der Waals surface area contributed by atoms with Gasteiger partial charge in [0.15, 0.2) is 15.5 Å². The van der Waals surface area contributed by atoms with Crippen molar-refractivity contribution >= 4 is 43.1 Å². The van der Waals surface area contributed by atoms with Crippen molar-refractivity contribution in [2.24, 2.45) is 0 Å². The number of hydrogen-bond donors (Lipinski definition) is 1. The van der Waals surface area contributed by atoms with E-state index in [4.69, 9.17) is 10.7 Å². The number of sulfone groups is 1. The predicted molar refractivity (Wildman–Crippen MR) is 142 cm³/mol. The third-order valence-electron chi connectivity index (χ3n) is 6.41. The number of nitrogen functional groups attached to an aromatic ring is 1. The minimum atomic E-state index is -3.36. The van der Waals surface area contributed by atoms with Crippen LogP contribution >= 0.6 is 15.9 Å². The van der Waals surface area contributed by atoms with Crippen LogP contribution in [0.15, 0.2) is 59.3 Å². The molecular formula is C25H25BrN6O3S. The molecule has 9 nitrogen and oxygen atoms in total. The minimum Gasteiger partial charge on any atom is -0.383 e. The van der Waals surface area contributed by atoms with E-state index in [0.717, 1.165) is 34.3 Å². The first kappa shape index (κ1) is 24.4. The quantitative estimate of drug-likeness (QED) is 0.390. The number of halogens is 1. The Balaban J connectivity index is 1.42. The van der Waals surface area contributed by atoms with Gasteiger partial charge in [-0.15, -0.1) is 0 Å². The number of pyridine rings is 1. The Morgan fingerprint density at radius 2 is 1.81 bits per heavy atom. The van der Waals surface area contributed by atoms with Crippen molar-refractivity contribution in [2.45, 2.75) is 18.8 Å². The van der Waals surface area contributed by atoms with E-state index in [0.29, 0.717) is 41.9 Å². The van der Waals surface area contributed by atoms with Gasteiger partial charge in [0.05, 0.1) is 22.1 Å². The van der Waals surface area contributed by atoms with E-state index >= 15 is 0 Å². The van der Waals surface area contributed by atoms with Crippen molar-refractivity contribution in [3.63, 3.8) is 0 Å². The molecule has 0 atom stereocenters. The van der Waals surface area contributed by atoms with Gasteiger partial charge in [-0.25, -0.2) is 13.4 Å². The van der Waals surface area contributed by atoms with Crippen LogP contribution < -0.4 is 5.73 Å². The van der Waals surface area contributed by atoms with E-state index < -0.39 is 15.6 Å². The zero-order valence-corrected chi connectivity index (χ0v) is 22.0. The van der Waals surface area contributed by atoms with Crippen molar-refractivity contribution in [1.82, 2.24) is 24.5 Å². The number of rotatable bonds is 5. The Kier molecular flexibility index (Phi) is 6.52. The van der Waals surface area contributed by atoms with Gasteiger partial charge in [-0.1, -0.05) is 36.4 Å². The average molecular weight is 569 g/mol. The van der Waals surface area contributed by atoms with E-state index in [1.54, 1.807) is 15.6 Å². The van der Waals surface area contributed by atoms with Gasteiger partial charge in [-0.2, -0.15) is 9.61 Å². The van der Waals surface area contributed by atoms with Gasteiger partial charge in [0.25, 0.3) is 0 Å². The molecule has 0 unspecified atom stereocenters. The summed E-state index contributed by atoms with van der Waals surface area (Å²) >= 11 is 3.60. The molecule has 2 N–H and O–H groups in total. The third-order valence-corrected chi connectivity index (χ3v) is 8.00. The van der Waals surface area contributed by atoms with Gasteiger partial charge in [0.1, 0.15) is 11.6 Å². The minimum absolute atomic E-state index is 0.0651. The first-order valence-electron chi connectivity index (χ1n) is 11.5. The Bertz CT molecular complexity index is 1530. The van der Waals surface area contributed by atoms with Crippen LogP contribution in [0, 0.1) is 0 Å². The number of carbonyl (C=O) groups is 1. The summed E-state index contributed by atoms with van der Waals surface area (Å²) in [7, 11) is -3.36. The molecule has 0 radical (unpaired) electrons. The second-order valence-corrected chi connectivity index (χ2v) is 11.9. The molecule has 5 rings (SSSR count). The fourth-order valence-corrected chi connectivity index (χ4v) is 5.75. The van der Waals surface area contributed by atoms with Gasteiger partial charge in [-0.3, -0.25) is 9.78 Å². The van der Waals surface area contributed by atoms with Gasteiger partial charge in [-0.05, 0) is 34.8 Å². The van der Waals surface area contributed by atoms with Gasteiger partial charge in [0.2, 0.25) is 5.91 Å². The van der Waals surface area contributed by atoms with E-state index in [9.17, 15) is 13.2 Å². The summed E-state index contributed by atoms with van der Waals surface area (Å²) in [6.45, 7) is 0.935. The first-order chi connectivity index (χ1) is 17.2. The standard InChI is InChI=1S/C25H25BrN6O3S/c1-36(34,35)15-21(33)31-11-9-17(10-12-31)23-22(26)24(27)32-25(30-23)19(14-29-32)18-7-8-20(28-13-18)16-5-3-2-4-6-16/h2-8,13-14,17H,9-12,15,27H2,1H3. The Morgan fingerprint density at radius 1 is 1.08 bits per heavy atom. The summed E-state index contributed by atoms with van der Waals surface area (Å²) in [6, 6.07) is 13.9. The maximum Gasteiger partial charge on any atom is 0.237 e. The van der Waals surface area contributed by atoms with Crippen molar-refractivity contribution in [3.05, 3.63) is 65.0 Å². The second kappa shape index (κ2) is 9.62. The first-order valence-corrected chi connectivity index (χ1v) is 14.4. The average Bonchev–Trinajstić information content (AvgIpc) is 3.30. The molecule has 0 spiro atoms. The molecule has 4 aromatic rings. The maximum absolute atomic E-state index is 12.3. The predicted octanol–water partition coefficient (Wildman–Crippen LogP) is 3.55.